The van der Waals surface area contributed by atoms with Crippen LogP contribution >= 0.6 is 0 Å². The molecule has 0 aliphatic heterocycles. The van der Waals surface area contributed by atoms with Gasteiger partial charge in [0.25, 0.3) is 0 Å². The van der Waals surface area contributed by atoms with Gasteiger partial charge in [0.2, 0.25) is 0 Å². The van der Waals surface area contributed by atoms with Crippen LogP contribution in [0, 0.1) is 5.41 Å². The second kappa shape index (κ2) is 10.6. The maximum atomic E-state index is 5.95. The summed E-state index contributed by atoms with van der Waals surface area (Å²) in [6.45, 7) is 10.1. The van der Waals surface area contributed by atoms with E-state index in [-0.39, 0.29) is 5.41 Å². The van der Waals surface area contributed by atoms with Crippen molar-refractivity contribution in [2.75, 3.05) is 19.6 Å². The van der Waals surface area contributed by atoms with Gasteiger partial charge in [-0.3, -0.25) is 0 Å². The first kappa shape index (κ1) is 19.0. The molecule has 1 aliphatic rings. The van der Waals surface area contributed by atoms with Crippen LogP contribution in [0.15, 0.2) is 0 Å². The first-order valence-electron chi connectivity index (χ1n) is 9.53. The SMILES string of the molecule is CCN(CC(C)(C)CN)C1CCCCCCCCCCC1. The van der Waals surface area contributed by atoms with Crippen molar-refractivity contribution in [1.29, 1.82) is 0 Å². The zero-order chi connectivity index (χ0) is 15.6. The molecule has 0 aromatic rings. The molecule has 2 nitrogen and oxygen atoms in total. The van der Waals surface area contributed by atoms with Crippen molar-refractivity contribution in [2.45, 2.75) is 97.4 Å². The lowest BCUT2D eigenvalue weighted by Crippen LogP contribution is -2.44. The summed E-state index contributed by atoms with van der Waals surface area (Å²) < 4.78 is 0. The average molecular weight is 297 g/mol. The molecule has 2 N–H and O–H groups in total. The monoisotopic (exact) mass is 296 g/mol. The van der Waals surface area contributed by atoms with E-state index in [9.17, 15) is 0 Å². The fourth-order valence-electron chi connectivity index (χ4n) is 3.62. The minimum Gasteiger partial charge on any atom is -0.330 e. The fraction of sp³-hybridized carbons (Fsp3) is 1.00. The Hall–Kier alpha value is -0.0800. The van der Waals surface area contributed by atoms with Gasteiger partial charge in [-0.1, -0.05) is 78.6 Å². The van der Waals surface area contributed by atoms with E-state index in [1.54, 1.807) is 0 Å². The molecule has 0 aromatic heterocycles. The molecule has 21 heavy (non-hydrogen) atoms. The quantitative estimate of drug-likeness (QED) is 0.776. The molecule has 1 rings (SSSR count). The van der Waals surface area contributed by atoms with Crippen molar-refractivity contribution in [2.24, 2.45) is 11.1 Å². The lowest BCUT2D eigenvalue weighted by molar-refractivity contribution is 0.122. The third kappa shape index (κ3) is 8.21. The Kier molecular flexibility index (Phi) is 9.59. The van der Waals surface area contributed by atoms with E-state index in [1.807, 2.05) is 0 Å². The molecular formula is C19H40N2. The molecule has 2 heteroatoms. The summed E-state index contributed by atoms with van der Waals surface area (Å²) in [7, 11) is 0. The highest BCUT2D eigenvalue weighted by atomic mass is 15.2. The average Bonchev–Trinajstić information content (AvgIpc) is 2.46. The van der Waals surface area contributed by atoms with Gasteiger partial charge < -0.3 is 10.6 Å². The molecule has 0 unspecified atom stereocenters. The predicted octanol–water partition coefficient (Wildman–Crippen LogP) is 4.97. The summed E-state index contributed by atoms with van der Waals surface area (Å²) in [6.07, 6.45) is 15.8. The van der Waals surface area contributed by atoms with Crippen molar-refractivity contribution in [1.82, 2.24) is 4.90 Å². The van der Waals surface area contributed by atoms with Crippen LogP contribution in [0.1, 0.15) is 91.4 Å². The molecule has 0 radical (unpaired) electrons. The fourth-order valence-corrected chi connectivity index (χ4v) is 3.62. The normalized spacial score (nSPS) is 21.0. The van der Waals surface area contributed by atoms with Crippen LogP contribution in [-0.4, -0.2) is 30.6 Å². The third-order valence-corrected chi connectivity index (χ3v) is 5.18. The van der Waals surface area contributed by atoms with E-state index < -0.39 is 0 Å². The van der Waals surface area contributed by atoms with Crippen LogP contribution in [0.5, 0.6) is 0 Å². The summed E-state index contributed by atoms with van der Waals surface area (Å²) in [5.74, 6) is 0. The largest absolute Gasteiger partial charge is 0.330 e. The van der Waals surface area contributed by atoms with E-state index in [2.05, 4.69) is 25.7 Å². The second-order valence-electron chi connectivity index (χ2n) is 7.84. The van der Waals surface area contributed by atoms with Crippen LogP contribution in [0.4, 0.5) is 0 Å². The van der Waals surface area contributed by atoms with E-state index in [0.29, 0.717) is 0 Å². The number of rotatable bonds is 5. The van der Waals surface area contributed by atoms with Crippen molar-refractivity contribution < 1.29 is 0 Å². The first-order chi connectivity index (χ1) is 10.1. The molecule has 0 aromatic carbocycles. The Morgan fingerprint density at radius 1 is 0.857 bits per heavy atom. The molecule has 0 spiro atoms. The van der Waals surface area contributed by atoms with Crippen LogP contribution in [0.25, 0.3) is 0 Å². The number of hydrogen-bond donors (Lipinski definition) is 1. The van der Waals surface area contributed by atoms with Gasteiger partial charge in [0.1, 0.15) is 0 Å². The Morgan fingerprint density at radius 2 is 1.29 bits per heavy atom. The van der Waals surface area contributed by atoms with Crippen molar-refractivity contribution in [3.63, 3.8) is 0 Å². The van der Waals surface area contributed by atoms with Gasteiger partial charge in [-0.05, 0) is 31.3 Å². The Labute approximate surface area is 133 Å². The predicted molar refractivity (Wildman–Crippen MR) is 94.7 cm³/mol. The van der Waals surface area contributed by atoms with Gasteiger partial charge >= 0.3 is 0 Å². The molecule has 1 saturated carbocycles. The second-order valence-corrected chi connectivity index (χ2v) is 7.84. The number of nitrogens with zero attached hydrogens (tertiary/aromatic N) is 1. The van der Waals surface area contributed by atoms with Gasteiger partial charge in [-0.15, -0.1) is 0 Å². The van der Waals surface area contributed by atoms with Gasteiger partial charge in [0.05, 0.1) is 0 Å². The molecule has 0 amide bonds. The summed E-state index contributed by atoms with van der Waals surface area (Å²) in [5, 5.41) is 0. The van der Waals surface area contributed by atoms with E-state index in [4.69, 9.17) is 5.73 Å². The summed E-state index contributed by atoms with van der Waals surface area (Å²) >= 11 is 0. The van der Waals surface area contributed by atoms with Crippen molar-refractivity contribution >= 4 is 0 Å². The maximum absolute atomic E-state index is 5.95. The van der Waals surface area contributed by atoms with Crippen LogP contribution in [0.3, 0.4) is 0 Å². The van der Waals surface area contributed by atoms with E-state index in [1.165, 1.54) is 77.2 Å². The first-order valence-corrected chi connectivity index (χ1v) is 9.53. The number of nitrogens with two attached hydrogens (primary N) is 1. The van der Waals surface area contributed by atoms with Crippen LogP contribution < -0.4 is 5.73 Å². The molecule has 0 atom stereocenters. The van der Waals surface area contributed by atoms with Gasteiger partial charge in [-0.25, -0.2) is 0 Å². The minimum absolute atomic E-state index is 0.250. The van der Waals surface area contributed by atoms with Crippen LogP contribution in [-0.2, 0) is 0 Å². The van der Waals surface area contributed by atoms with E-state index in [0.717, 1.165) is 19.1 Å². The zero-order valence-electron chi connectivity index (χ0n) is 15.0. The highest BCUT2D eigenvalue weighted by molar-refractivity contribution is 4.79. The highest BCUT2D eigenvalue weighted by Gasteiger charge is 2.24. The topological polar surface area (TPSA) is 29.3 Å². The molecule has 1 aliphatic carbocycles. The summed E-state index contributed by atoms with van der Waals surface area (Å²) in [4.78, 5) is 2.72. The smallest absolute Gasteiger partial charge is 0.00953 e. The Bertz CT molecular complexity index is 238. The third-order valence-electron chi connectivity index (χ3n) is 5.18. The van der Waals surface area contributed by atoms with Gasteiger partial charge in [0, 0.05) is 12.6 Å². The molecule has 126 valence electrons. The molecule has 0 heterocycles. The Morgan fingerprint density at radius 3 is 1.67 bits per heavy atom. The number of hydrogen-bond acceptors (Lipinski definition) is 2. The van der Waals surface area contributed by atoms with Gasteiger partial charge in [0.15, 0.2) is 0 Å². The van der Waals surface area contributed by atoms with Crippen molar-refractivity contribution in [3.8, 4) is 0 Å². The lowest BCUT2D eigenvalue weighted by Gasteiger charge is -2.37. The summed E-state index contributed by atoms with van der Waals surface area (Å²) in [6, 6.07) is 0.792. The molecule has 0 bridgehead atoms. The highest BCUT2D eigenvalue weighted by Crippen LogP contribution is 2.24. The van der Waals surface area contributed by atoms with Crippen LogP contribution in [0.2, 0.25) is 0 Å². The Balaban J connectivity index is 2.54. The lowest BCUT2D eigenvalue weighted by atomic mass is 9.90. The molecule has 1 fully saturated rings. The standard InChI is InChI=1S/C19H40N2/c1-4-21(17-19(2,3)16-20)18-14-12-10-8-6-5-7-9-11-13-15-18/h18H,4-17,20H2,1-3H3. The molecular weight excluding hydrogens is 256 g/mol. The summed E-state index contributed by atoms with van der Waals surface area (Å²) in [5.41, 5.74) is 6.20. The maximum Gasteiger partial charge on any atom is 0.00953 e. The van der Waals surface area contributed by atoms with E-state index >= 15 is 0 Å². The molecule has 0 saturated heterocycles. The van der Waals surface area contributed by atoms with Crippen molar-refractivity contribution in [3.05, 3.63) is 0 Å². The minimum atomic E-state index is 0.250. The zero-order valence-corrected chi connectivity index (χ0v) is 15.0. The van der Waals surface area contributed by atoms with Gasteiger partial charge in [-0.2, -0.15) is 0 Å².